The molecule has 2 heterocycles. The number of ether oxygens (including phenoxy) is 2. The van der Waals surface area contributed by atoms with Crippen LogP contribution in [0.15, 0.2) is 36.4 Å². The number of nitrogens with one attached hydrogen (secondary N) is 1. The molecular formula is C32H43ClN2O5S. The number of fused-ring (bicyclic) bond motifs is 3. The monoisotopic (exact) mass is 602 g/mol. The molecule has 0 aromatic heterocycles. The lowest BCUT2D eigenvalue weighted by Gasteiger charge is -2.44. The molecule has 224 valence electrons. The van der Waals surface area contributed by atoms with Crippen molar-refractivity contribution in [1.82, 2.24) is 4.72 Å². The average molecular weight is 603 g/mol. The third-order valence-corrected chi connectivity index (χ3v) is 11.3. The second-order valence-corrected chi connectivity index (χ2v) is 14.5. The van der Waals surface area contributed by atoms with Crippen LogP contribution in [-0.2, 0) is 27.6 Å². The average Bonchev–Trinajstić information content (AvgIpc) is 2.93. The zero-order valence-corrected chi connectivity index (χ0v) is 25.8. The molecule has 41 heavy (non-hydrogen) atoms. The summed E-state index contributed by atoms with van der Waals surface area (Å²) in [6.45, 7) is 3.83. The number of nitrogens with zero attached hydrogens (tertiary/aromatic N) is 1. The Morgan fingerprint density at radius 2 is 1.80 bits per heavy atom. The van der Waals surface area contributed by atoms with E-state index in [0.717, 1.165) is 81.6 Å². The summed E-state index contributed by atoms with van der Waals surface area (Å²) in [6.07, 6.45) is 9.28. The molecule has 2 bridgehead atoms. The summed E-state index contributed by atoms with van der Waals surface area (Å²) in [5, 5.41) is 0.105. The minimum Gasteiger partial charge on any atom is -0.491 e. The predicted octanol–water partition coefficient (Wildman–Crippen LogP) is 6.17. The van der Waals surface area contributed by atoms with Crippen LogP contribution in [0.5, 0.6) is 5.75 Å². The van der Waals surface area contributed by atoms with E-state index in [1.807, 2.05) is 18.2 Å². The Hall–Kier alpha value is -2.29. The molecule has 0 radical (unpaired) electrons. The normalized spacial score (nSPS) is 27.5. The summed E-state index contributed by atoms with van der Waals surface area (Å²) in [4.78, 5) is 15.6. The van der Waals surface area contributed by atoms with Gasteiger partial charge in [0.2, 0.25) is 10.0 Å². The van der Waals surface area contributed by atoms with Crippen LogP contribution in [0, 0.1) is 11.8 Å². The second kappa shape index (κ2) is 13.3. The Balaban J connectivity index is 1.50. The van der Waals surface area contributed by atoms with Crippen molar-refractivity contribution < 1.29 is 22.7 Å². The number of halogens is 1. The van der Waals surface area contributed by atoms with Crippen LogP contribution in [0.3, 0.4) is 0 Å². The smallest absolute Gasteiger partial charge is 0.264 e. The highest BCUT2D eigenvalue weighted by molar-refractivity contribution is 7.90. The largest absolute Gasteiger partial charge is 0.491 e. The van der Waals surface area contributed by atoms with Crippen molar-refractivity contribution in [2.45, 2.75) is 82.5 Å². The van der Waals surface area contributed by atoms with Crippen LogP contribution >= 0.6 is 11.6 Å². The van der Waals surface area contributed by atoms with Crippen molar-refractivity contribution in [3.8, 4) is 5.75 Å². The fourth-order valence-electron chi connectivity index (χ4n) is 6.62. The first kappa shape index (κ1) is 30.2. The van der Waals surface area contributed by atoms with Crippen molar-refractivity contribution >= 4 is 33.2 Å². The van der Waals surface area contributed by atoms with Gasteiger partial charge in [-0.05, 0) is 105 Å². The molecule has 3 aliphatic rings. The fraction of sp³-hybridized carbons (Fsp3) is 0.594. The minimum atomic E-state index is -3.80. The maximum Gasteiger partial charge on any atom is 0.264 e. The van der Waals surface area contributed by atoms with Gasteiger partial charge in [-0.2, -0.15) is 0 Å². The van der Waals surface area contributed by atoms with Crippen molar-refractivity contribution in [2.24, 2.45) is 11.8 Å². The van der Waals surface area contributed by atoms with E-state index in [1.54, 1.807) is 20.1 Å². The molecule has 0 saturated heterocycles. The Morgan fingerprint density at radius 1 is 0.976 bits per heavy atom. The standard InChI is InChI=1S/C32H43ClN2O5S/c1-22-7-3-4-9-30(39-2)28-14-11-26(28)21-35-17-6-5-8-24-19-27(33)13-10-23(24)16-18-40-31-15-12-25(20-29(31)35)32(36)34-41(22,37)38/h10,12-13,15,19-20,22,26,28,30H,3-9,11,14,16-18,21H2,1-2H3,(H,34,36)/t22-,26+,28-,30+/m1/s1. The number of sulfonamides is 1. The molecule has 1 fully saturated rings. The molecule has 4 atom stereocenters. The number of hydrogen-bond acceptors (Lipinski definition) is 6. The van der Waals surface area contributed by atoms with Gasteiger partial charge in [-0.25, -0.2) is 13.1 Å². The van der Waals surface area contributed by atoms with Gasteiger partial charge < -0.3 is 14.4 Å². The molecule has 9 heteroatoms. The molecule has 2 aliphatic heterocycles. The lowest BCUT2D eigenvalue weighted by Crippen LogP contribution is -2.44. The number of hydrogen-bond donors (Lipinski definition) is 1. The molecule has 1 saturated carbocycles. The van der Waals surface area contributed by atoms with E-state index in [0.29, 0.717) is 36.2 Å². The van der Waals surface area contributed by atoms with Crippen LogP contribution in [0.4, 0.5) is 5.69 Å². The van der Waals surface area contributed by atoms with Gasteiger partial charge in [0.15, 0.2) is 0 Å². The molecule has 5 rings (SSSR count). The predicted molar refractivity (Wildman–Crippen MR) is 164 cm³/mol. The van der Waals surface area contributed by atoms with E-state index in [4.69, 9.17) is 21.1 Å². The summed E-state index contributed by atoms with van der Waals surface area (Å²) in [7, 11) is -2.00. The number of anilines is 1. The summed E-state index contributed by atoms with van der Waals surface area (Å²) in [6, 6.07) is 11.4. The number of carbonyl (C=O) groups is 1. The third kappa shape index (κ3) is 7.20. The first-order valence-electron chi connectivity index (χ1n) is 15.1. The zero-order chi connectivity index (χ0) is 29.0. The first-order valence-corrected chi connectivity index (χ1v) is 17.1. The van der Waals surface area contributed by atoms with Crippen molar-refractivity contribution in [3.05, 3.63) is 58.1 Å². The maximum absolute atomic E-state index is 13.2. The third-order valence-electron chi connectivity index (χ3n) is 9.31. The summed E-state index contributed by atoms with van der Waals surface area (Å²) < 4.78 is 40.7. The van der Waals surface area contributed by atoms with Crippen LogP contribution in [-0.4, -0.2) is 52.5 Å². The van der Waals surface area contributed by atoms with Gasteiger partial charge in [0.05, 0.1) is 23.6 Å². The summed E-state index contributed by atoms with van der Waals surface area (Å²) >= 11 is 6.33. The number of methoxy groups -OCH3 is 1. The van der Waals surface area contributed by atoms with Gasteiger partial charge in [-0.15, -0.1) is 0 Å². The van der Waals surface area contributed by atoms with Crippen LogP contribution in [0.1, 0.15) is 79.8 Å². The van der Waals surface area contributed by atoms with Gasteiger partial charge in [-0.1, -0.05) is 30.5 Å². The molecule has 2 aromatic rings. The van der Waals surface area contributed by atoms with Gasteiger partial charge in [0.1, 0.15) is 5.75 Å². The highest BCUT2D eigenvalue weighted by Gasteiger charge is 2.38. The van der Waals surface area contributed by atoms with E-state index < -0.39 is 21.2 Å². The molecule has 7 nitrogen and oxygen atoms in total. The molecule has 1 amide bonds. The summed E-state index contributed by atoms with van der Waals surface area (Å²) in [5.41, 5.74) is 3.70. The molecule has 0 spiro atoms. The van der Waals surface area contributed by atoms with Crippen molar-refractivity contribution in [2.75, 3.05) is 31.7 Å². The lowest BCUT2D eigenvalue weighted by molar-refractivity contribution is -0.0218. The van der Waals surface area contributed by atoms with Crippen LogP contribution in [0.25, 0.3) is 0 Å². The van der Waals surface area contributed by atoms with Crippen LogP contribution < -0.4 is 14.4 Å². The zero-order valence-electron chi connectivity index (χ0n) is 24.2. The van der Waals surface area contributed by atoms with E-state index in [9.17, 15) is 13.2 Å². The SMILES string of the molecule is CO[C@H]1CCCC[C@@H](C)S(=O)(=O)NC(=O)c2ccc3c(c2)N(CCCCc2cc(Cl)ccc2CCO3)C[C@@H]2CC[C@H]21. The minimum absolute atomic E-state index is 0.170. The number of rotatable bonds is 1. The second-order valence-electron chi connectivity index (χ2n) is 11.9. The van der Waals surface area contributed by atoms with Crippen molar-refractivity contribution in [1.29, 1.82) is 0 Å². The number of carbonyl (C=O) groups excluding carboxylic acids is 1. The van der Waals surface area contributed by atoms with E-state index in [2.05, 4.69) is 21.8 Å². The fourth-order valence-corrected chi connectivity index (χ4v) is 7.87. The highest BCUT2D eigenvalue weighted by Crippen LogP contribution is 2.42. The number of amides is 1. The maximum atomic E-state index is 13.2. The number of aryl methyl sites for hydroxylation is 1. The summed E-state index contributed by atoms with van der Waals surface area (Å²) in [5.74, 6) is 1.09. The van der Waals surface area contributed by atoms with E-state index in [-0.39, 0.29) is 6.10 Å². The van der Waals surface area contributed by atoms with Gasteiger partial charge in [0, 0.05) is 37.2 Å². The molecular weight excluding hydrogens is 560 g/mol. The Labute approximate surface area is 250 Å². The highest BCUT2D eigenvalue weighted by atomic mass is 35.5. The Bertz CT molecular complexity index is 1330. The topological polar surface area (TPSA) is 84.9 Å². The molecule has 1 aliphatic carbocycles. The molecule has 0 unspecified atom stereocenters. The van der Waals surface area contributed by atoms with Gasteiger partial charge in [-0.3, -0.25) is 4.79 Å². The Morgan fingerprint density at radius 3 is 2.59 bits per heavy atom. The Kier molecular flexibility index (Phi) is 9.82. The quantitative estimate of drug-likeness (QED) is 0.420. The lowest BCUT2D eigenvalue weighted by atomic mass is 9.69. The van der Waals surface area contributed by atoms with Crippen LogP contribution in [0.2, 0.25) is 5.02 Å². The molecule has 1 N–H and O–H groups in total. The van der Waals surface area contributed by atoms with E-state index in [1.165, 1.54) is 11.1 Å². The van der Waals surface area contributed by atoms with Crippen molar-refractivity contribution in [3.63, 3.8) is 0 Å². The van der Waals surface area contributed by atoms with E-state index >= 15 is 0 Å². The first-order chi connectivity index (χ1) is 19.7. The molecule has 2 aromatic carbocycles. The van der Waals surface area contributed by atoms with Gasteiger partial charge in [0.25, 0.3) is 5.91 Å². The number of benzene rings is 2. The van der Waals surface area contributed by atoms with Gasteiger partial charge >= 0.3 is 0 Å².